The second kappa shape index (κ2) is 9.02. The summed E-state index contributed by atoms with van der Waals surface area (Å²) in [6, 6.07) is 11.1. The lowest BCUT2D eigenvalue weighted by Gasteiger charge is -2.32. The monoisotopic (exact) mass is 444 g/mol. The van der Waals surface area contributed by atoms with Crippen LogP contribution in [0.15, 0.2) is 48.5 Å². The number of carbonyl (C=O) groups is 2. The van der Waals surface area contributed by atoms with E-state index < -0.39 is 24.3 Å². The van der Waals surface area contributed by atoms with Crippen molar-refractivity contribution in [3.8, 4) is 0 Å². The molecule has 1 saturated heterocycles. The van der Waals surface area contributed by atoms with Crippen LogP contribution in [0.5, 0.6) is 0 Å². The molecule has 0 bridgehead atoms. The Labute approximate surface area is 183 Å². The molecule has 1 N–H and O–H groups in total. The van der Waals surface area contributed by atoms with E-state index in [4.69, 9.17) is 0 Å². The number of aromatic nitrogens is 2. The molecule has 1 aromatic heterocycles. The molecule has 168 valence electrons. The van der Waals surface area contributed by atoms with E-state index in [-0.39, 0.29) is 24.2 Å². The third-order valence-corrected chi connectivity index (χ3v) is 5.73. The van der Waals surface area contributed by atoms with Gasteiger partial charge in [-0.05, 0) is 56.2 Å². The van der Waals surface area contributed by atoms with Gasteiger partial charge in [0.15, 0.2) is 0 Å². The lowest BCUT2D eigenvalue weighted by molar-refractivity contribution is -0.127. The number of amides is 2. The molecule has 2 amide bonds. The van der Waals surface area contributed by atoms with Crippen LogP contribution in [0.4, 0.5) is 13.2 Å². The molecule has 32 heavy (non-hydrogen) atoms. The molecule has 3 aromatic rings. The summed E-state index contributed by atoms with van der Waals surface area (Å²) < 4.78 is 41.4. The minimum absolute atomic E-state index is 0.0737. The van der Waals surface area contributed by atoms with E-state index in [1.165, 1.54) is 24.3 Å². The summed E-state index contributed by atoms with van der Waals surface area (Å²) in [5, 5.41) is 2.79. The molecule has 2 aromatic carbocycles. The van der Waals surface area contributed by atoms with Crippen LogP contribution in [0.2, 0.25) is 0 Å². The number of likely N-dealkylation sites (tertiary alicyclic amines) is 1. The number of imidazole rings is 1. The summed E-state index contributed by atoms with van der Waals surface area (Å²) >= 11 is 0. The van der Waals surface area contributed by atoms with Crippen LogP contribution in [0.1, 0.15) is 48.5 Å². The van der Waals surface area contributed by atoms with Crippen molar-refractivity contribution in [2.45, 2.75) is 32.4 Å². The second-order valence-corrected chi connectivity index (χ2v) is 7.93. The van der Waals surface area contributed by atoms with E-state index >= 15 is 0 Å². The van der Waals surface area contributed by atoms with Gasteiger partial charge in [-0.3, -0.25) is 14.2 Å². The number of alkyl halides is 2. The Bertz CT molecular complexity index is 1130. The van der Waals surface area contributed by atoms with Gasteiger partial charge in [0.05, 0.1) is 23.0 Å². The van der Waals surface area contributed by atoms with Gasteiger partial charge in [-0.15, -0.1) is 0 Å². The Morgan fingerprint density at radius 2 is 1.84 bits per heavy atom. The largest absolute Gasteiger partial charge is 0.346 e. The second-order valence-electron chi connectivity index (χ2n) is 7.93. The van der Waals surface area contributed by atoms with E-state index in [1.807, 2.05) is 0 Å². The van der Waals surface area contributed by atoms with Crippen LogP contribution in [-0.4, -0.2) is 39.4 Å². The molecule has 6 nitrogen and oxygen atoms in total. The average molecular weight is 444 g/mol. The fraction of sp³-hybridized carbons (Fsp3) is 0.348. The molecule has 0 radical (unpaired) electrons. The Balaban J connectivity index is 1.47. The van der Waals surface area contributed by atoms with Gasteiger partial charge in [-0.25, -0.2) is 9.37 Å². The zero-order valence-corrected chi connectivity index (χ0v) is 17.5. The average Bonchev–Trinajstić information content (AvgIpc) is 3.19. The number of nitrogens with one attached hydrogen (secondary N) is 1. The zero-order chi connectivity index (χ0) is 22.8. The molecular formula is C23H23F3N4O2. The van der Waals surface area contributed by atoms with Crippen LogP contribution < -0.4 is 5.32 Å². The van der Waals surface area contributed by atoms with Crippen LogP contribution >= 0.6 is 0 Å². The van der Waals surface area contributed by atoms with Gasteiger partial charge >= 0.3 is 6.55 Å². The SMILES string of the molecule is CC(NC(=O)C1CCCN(C(=O)c2ccc(F)cc2)C1)c1nc2ccccc2n1C(F)F. The molecule has 9 heteroatoms. The number of hydrogen-bond donors (Lipinski definition) is 1. The minimum atomic E-state index is -2.80. The highest BCUT2D eigenvalue weighted by atomic mass is 19.3. The Kier molecular flexibility index (Phi) is 6.16. The third kappa shape index (κ3) is 4.32. The molecule has 0 spiro atoms. The third-order valence-electron chi connectivity index (χ3n) is 5.73. The predicted molar refractivity (Wildman–Crippen MR) is 113 cm³/mol. The molecule has 2 atom stereocenters. The molecule has 2 heterocycles. The van der Waals surface area contributed by atoms with Gasteiger partial charge < -0.3 is 10.2 Å². The summed E-state index contributed by atoms with van der Waals surface area (Å²) in [6.07, 6.45) is 1.21. The molecule has 1 fully saturated rings. The number of hydrogen-bond acceptors (Lipinski definition) is 3. The van der Waals surface area contributed by atoms with Gasteiger partial charge in [-0.1, -0.05) is 12.1 Å². The number of nitrogens with zero attached hydrogens (tertiary/aromatic N) is 3. The van der Waals surface area contributed by atoms with E-state index in [2.05, 4.69) is 10.3 Å². The summed E-state index contributed by atoms with van der Waals surface area (Å²) in [5.74, 6) is -1.41. The topological polar surface area (TPSA) is 67.2 Å². The maximum atomic E-state index is 13.7. The van der Waals surface area contributed by atoms with Crippen molar-refractivity contribution in [1.82, 2.24) is 19.8 Å². The summed E-state index contributed by atoms with van der Waals surface area (Å²) in [5.41, 5.74) is 1.08. The van der Waals surface area contributed by atoms with Crippen molar-refractivity contribution >= 4 is 22.8 Å². The van der Waals surface area contributed by atoms with Crippen LogP contribution in [0.3, 0.4) is 0 Å². The lowest BCUT2D eigenvalue weighted by atomic mass is 9.96. The normalized spacial score (nSPS) is 17.5. The fourth-order valence-corrected chi connectivity index (χ4v) is 4.12. The number of benzene rings is 2. The van der Waals surface area contributed by atoms with Crippen molar-refractivity contribution in [3.63, 3.8) is 0 Å². The standard InChI is InChI=1S/C23H23F3N4O2/c1-14(20-28-18-6-2-3-7-19(18)30(20)23(25)26)27-21(31)16-5-4-12-29(13-16)22(32)15-8-10-17(24)11-9-15/h2-3,6-11,14,16,23H,4-5,12-13H2,1H3,(H,27,31). The van der Waals surface area contributed by atoms with Crippen LogP contribution in [-0.2, 0) is 4.79 Å². The summed E-state index contributed by atoms with van der Waals surface area (Å²) in [6.45, 7) is -0.478. The molecule has 1 aliphatic rings. The quantitative estimate of drug-likeness (QED) is 0.638. The highest BCUT2D eigenvalue weighted by molar-refractivity contribution is 5.94. The minimum Gasteiger partial charge on any atom is -0.346 e. The highest BCUT2D eigenvalue weighted by Crippen LogP contribution is 2.27. The fourth-order valence-electron chi connectivity index (χ4n) is 4.12. The van der Waals surface area contributed by atoms with Gasteiger partial charge in [0.2, 0.25) is 5.91 Å². The van der Waals surface area contributed by atoms with Gasteiger partial charge in [-0.2, -0.15) is 8.78 Å². The first-order chi connectivity index (χ1) is 15.3. The number of rotatable bonds is 5. The summed E-state index contributed by atoms with van der Waals surface area (Å²) in [7, 11) is 0. The first kappa shape index (κ1) is 21.9. The molecule has 4 rings (SSSR count). The number of piperidine rings is 1. The maximum Gasteiger partial charge on any atom is 0.320 e. The molecule has 2 unspecified atom stereocenters. The smallest absolute Gasteiger partial charge is 0.320 e. The van der Waals surface area contributed by atoms with Crippen molar-refractivity contribution in [3.05, 3.63) is 65.7 Å². The molecule has 0 saturated carbocycles. The number of halogens is 3. The van der Waals surface area contributed by atoms with Gasteiger partial charge in [0.1, 0.15) is 11.6 Å². The highest BCUT2D eigenvalue weighted by Gasteiger charge is 2.31. The number of fused-ring (bicyclic) bond motifs is 1. The first-order valence-electron chi connectivity index (χ1n) is 10.5. The Hall–Kier alpha value is -3.36. The lowest BCUT2D eigenvalue weighted by Crippen LogP contribution is -2.46. The van der Waals surface area contributed by atoms with Crippen LogP contribution in [0, 0.1) is 11.7 Å². The molecule has 0 aliphatic carbocycles. The van der Waals surface area contributed by atoms with E-state index in [1.54, 1.807) is 36.1 Å². The van der Waals surface area contributed by atoms with Gasteiger partial charge in [0.25, 0.3) is 5.91 Å². The van der Waals surface area contributed by atoms with E-state index in [9.17, 15) is 22.8 Å². The van der Waals surface area contributed by atoms with Crippen LogP contribution in [0.25, 0.3) is 11.0 Å². The van der Waals surface area contributed by atoms with E-state index in [0.29, 0.717) is 36.0 Å². The maximum absolute atomic E-state index is 13.7. The Morgan fingerprint density at radius 1 is 1.12 bits per heavy atom. The van der Waals surface area contributed by atoms with Gasteiger partial charge in [0, 0.05) is 18.7 Å². The summed E-state index contributed by atoms with van der Waals surface area (Å²) in [4.78, 5) is 31.5. The zero-order valence-electron chi connectivity index (χ0n) is 17.5. The first-order valence-corrected chi connectivity index (χ1v) is 10.5. The number of carbonyl (C=O) groups excluding carboxylic acids is 2. The molecule has 1 aliphatic heterocycles. The number of para-hydroxylation sites is 2. The van der Waals surface area contributed by atoms with E-state index in [0.717, 1.165) is 4.57 Å². The Morgan fingerprint density at radius 3 is 2.56 bits per heavy atom. The van der Waals surface area contributed by atoms with Crippen molar-refractivity contribution in [2.75, 3.05) is 13.1 Å². The predicted octanol–water partition coefficient (Wildman–Crippen LogP) is 4.30. The molecular weight excluding hydrogens is 421 g/mol. The van der Waals surface area contributed by atoms with Crippen molar-refractivity contribution in [2.24, 2.45) is 5.92 Å². The van der Waals surface area contributed by atoms with Crippen molar-refractivity contribution in [1.29, 1.82) is 0 Å². The van der Waals surface area contributed by atoms with Crippen molar-refractivity contribution < 1.29 is 22.8 Å².